The Morgan fingerprint density at radius 3 is 2.19 bits per heavy atom. The van der Waals surface area contributed by atoms with Crippen LogP contribution < -0.4 is 0 Å². The van der Waals surface area contributed by atoms with Gasteiger partial charge in [0.15, 0.2) is 5.60 Å². The van der Waals surface area contributed by atoms with Crippen LogP contribution in [0.5, 0.6) is 0 Å². The maximum Gasteiger partial charge on any atom is 0.398 e. The fraction of sp³-hybridized carbons (Fsp3) is 0.435. The van der Waals surface area contributed by atoms with E-state index in [1.54, 1.807) is 12.1 Å². The minimum atomic E-state index is -4.31. The van der Waals surface area contributed by atoms with Gasteiger partial charge in [-0.1, -0.05) is 12.1 Å². The molecule has 1 heterocycles. The van der Waals surface area contributed by atoms with Crippen molar-refractivity contribution in [3.8, 4) is 0 Å². The highest BCUT2D eigenvalue weighted by Crippen LogP contribution is 2.80. The summed E-state index contributed by atoms with van der Waals surface area (Å²) in [5.74, 6) is -7.19. The van der Waals surface area contributed by atoms with Gasteiger partial charge in [0.1, 0.15) is 18.0 Å². The van der Waals surface area contributed by atoms with E-state index in [0.29, 0.717) is 28.3 Å². The number of thioether (sulfide) groups is 1. The number of hydrogen-bond acceptors (Lipinski definition) is 5. The Hall–Kier alpha value is -2.67. The molecule has 3 aliphatic carbocycles. The molecule has 1 N–H and O–H groups in total. The van der Waals surface area contributed by atoms with Gasteiger partial charge in [0.25, 0.3) is 5.92 Å². The van der Waals surface area contributed by atoms with Crippen molar-refractivity contribution in [3.05, 3.63) is 71.6 Å². The van der Waals surface area contributed by atoms with Crippen molar-refractivity contribution in [3.63, 3.8) is 0 Å². The number of aromatic nitrogens is 4. The molecule has 2 aromatic carbocycles. The zero-order valence-electron chi connectivity index (χ0n) is 18.4. The van der Waals surface area contributed by atoms with Gasteiger partial charge in [-0.05, 0) is 64.9 Å². The van der Waals surface area contributed by atoms with Crippen molar-refractivity contribution in [1.82, 2.24) is 20.2 Å². The first kappa shape index (κ1) is 25.0. The topological polar surface area (TPSA) is 63.8 Å². The highest BCUT2D eigenvalue weighted by atomic mass is 32.2. The van der Waals surface area contributed by atoms with Crippen LogP contribution in [0.25, 0.3) is 0 Å². The SMILES string of the molecule is O[C@](Cn1cnnn1)(c1ccc(F)cc1F)C(F)(F)C12CC(c3ccc(SCC(F)(F)F)cc3)(C1)C2. The molecule has 0 amide bonds. The number of tetrazole rings is 1. The predicted octanol–water partition coefficient (Wildman–Crippen LogP) is 5.25. The van der Waals surface area contributed by atoms with Gasteiger partial charge < -0.3 is 5.11 Å². The molecule has 5 nitrogen and oxygen atoms in total. The van der Waals surface area contributed by atoms with Crippen LogP contribution in [-0.4, -0.2) is 43.2 Å². The lowest BCUT2D eigenvalue weighted by molar-refractivity contribution is -0.347. The van der Waals surface area contributed by atoms with Crippen LogP contribution in [0.15, 0.2) is 53.7 Å². The van der Waals surface area contributed by atoms with Crippen molar-refractivity contribution in [1.29, 1.82) is 0 Å². The number of nitrogens with zero attached hydrogens (tertiary/aromatic N) is 4. The molecule has 3 aromatic rings. The number of halogens is 7. The quantitative estimate of drug-likeness (QED) is 0.317. The van der Waals surface area contributed by atoms with E-state index >= 15 is 8.78 Å². The summed E-state index contributed by atoms with van der Waals surface area (Å²) >= 11 is 0.635. The Labute approximate surface area is 204 Å². The van der Waals surface area contributed by atoms with E-state index in [-0.39, 0.29) is 19.3 Å². The van der Waals surface area contributed by atoms with E-state index in [1.165, 1.54) is 12.1 Å². The van der Waals surface area contributed by atoms with Crippen LogP contribution in [0.4, 0.5) is 30.7 Å². The van der Waals surface area contributed by atoms with Crippen molar-refractivity contribution in [2.24, 2.45) is 5.41 Å². The van der Waals surface area contributed by atoms with Crippen molar-refractivity contribution >= 4 is 11.8 Å². The second-order valence-corrected chi connectivity index (χ2v) is 10.6. The highest BCUT2D eigenvalue weighted by Gasteiger charge is 2.82. The van der Waals surface area contributed by atoms with Gasteiger partial charge in [0.2, 0.25) is 0 Å². The molecule has 13 heteroatoms. The second kappa shape index (κ2) is 8.17. The third kappa shape index (κ3) is 3.87. The molecule has 0 unspecified atom stereocenters. The summed E-state index contributed by atoms with van der Waals surface area (Å²) in [7, 11) is 0. The van der Waals surface area contributed by atoms with Crippen molar-refractivity contribution in [2.75, 3.05) is 5.75 Å². The average Bonchev–Trinajstić information content (AvgIpc) is 3.23. The molecule has 0 spiro atoms. The molecule has 6 rings (SSSR count). The van der Waals surface area contributed by atoms with Gasteiger partial charge in [-0.15, -0.1) is 16.9 Å². The van der Waals surface area contributed by atoms with Gasteiger partial charge >= 0.3 is 6.18 Å². The fourth-order valence-electron chi connectivity index (χ4n) is 5.60. The monoisotopic (exact) mass is 532 g/mol. The lowest BCUT2D eigenvalue weighted by Crippen LogP contribution is -2.76. The summed E-state index contributed by atoms with van der Waals surface area (Å²) in [6.07, 6.45) is -3.34. The maximum absolute atomic E-state index is 16.2. The van der Waals surface area contributed by atoms with Crippen LogP contribution in [0.2, 0.25) is 0 Å². The molecule has 1 atom stereocenters. The van der Waals surface area contributed by atoms with Crippen LogP contribution in [-0.2, 0) is 17.6 Å². The number of alkyl halides is 5. The first-order valence-electron chi connectivity index (χ1n) is 10.9. The second-order valence-electron chi connectivity index (χ2n) is 9.59. The summed E-state index contributed by atoms with van der Waals surface area (Å²) in [6.45, 7) is -0.866. The van der Waals surface area contributed by atoms with E-state index in [2.05, 4.69) is 15.5 Å². The third-order valence-corrected chi connectivity index (χ3v) is 8.32. The van der Waals surface area contributed by atoms with Crippen LogP contribution in [0.3, 0.4) is 0 Å². The number of hydrogen-bond donors (Lipinski definition) is 1. The van der Waals surface area contributed by atoms with Gasteiger partial charge in [-0.25, -0.2) is 22.2 Å². The lowest BCUT2D eigenvalue weighted by atomic mass is 9.30. The number of aliphatic hydroxyl groups is 1. The predicted molar refractivity (Wildman–Crippen MR) is 114 cm³/mol. The molecular formula is C23H19F7N4OS. The molecule has 2 bridgehead atoms. The third-order valence-electron chi connectivity index (χ3n) is 7.24. The van der Waals surface area contributed by atoms with Crippen LogP contribution in [0.1, 0.15) is 30.4 Å². The number of benzene rings is 2. The Balaban J connectivity index is 1.39. The summed E-state index contributed by atoms with van der Waals surface area (Å²) in [4.78, 5) is 0.408. The van der Waals surface area contributed by atoms with Crippen LogP contribution in [0, 0.1) is 17.0 Å². The largest absolute Gasteiger partial charge is 0.398 e. The zero-order valence-corrected chi connectivity index (χ0v) is 19.3. The van der Waals surface area contributed by atoms with E-state index in [9.17, 15) is 27.1 Å². The zero-order chi connectivity index (χ0) is 26.0. The molecule has 0 saturated heterocycles. The Bertz CT molecular complexity index is 1250. The van der Waals surface area contributed by atoms with E-state index in [0.717, 1.165) is 23.1 Å². The minimum Gasteiger partial charge on any atom is -0.377 e. The molecule has 3 saturated carbocycles. The van der Waals surface area contributed by atoms with Gasteiger partial charge in [0, 0.05) is 21.9 Å². The fourth-order valence-corrected chi connectivity index (χ4v) is 6.26. The molecule has 192 valence electrons. The van der Waals surface area contributed by atoms with Crippen molar-refractivity contribution < 1.29 is 35.8 Å². The Morgan fingerprint density at radius 2 is 1.64 bits per heavy atom. The molecule has 3 aliphatic rings. The molecule has 1 aromatic heterocycles. The number of rotatable bonds is 8. The van der Waals surface area contributed by atoms with E-state index in [4.69, 9.17) is 0 Å². The lowest BCUT2D eigenvalue weighted by Gasteiger charge is -2.74. The normalized spacial score (nSPS) is 25.1. The minimum absolute atomic E-state index is 0.0111. The maximum atomic E-state index is 16.2. The molecule has 3 fully saturated rings. The molecular weight excluding hydrogens is 513 g/mol. The summed E-state index contributed by atoms with van der Waals surface area (Å²) in [5.41, 5.74) is -5.39. The molecule has 0 radical (unpaired) electrons. The standard InChI is InChI=1S/C23H19F7N4OS/c24-15-3-6-17(18(25)7-15)21(35,11-34-13-31-32-33-34)23(29,30)20-8-19(9-20,10-20)14-1-4-16(5-2-14)36-12-22(26,27)28/h1-7,13,35H,8-12H2/t19?,20?,21-/m1/s1. The van der Waals surface area contributed by atoms with Gasteiger partial charge in [-0.2, -0.15) is 13.2 Å². The first-order chi connectivity index (χ1) is 16.8. The van der Waals surface area contributed by atoms with E-state index in [1.807, 2.05) is 0 Å². The summed E-state index contributed by atoms with van der Waals surface area (Å²) < 4.78 is 98.7. The summed E-state index contributed by atoms with van der Waals surface area (Å²) in [6, 6.07) is 8.33. The van der Waals surface area contributed by atoms with Gasteiger partial charge in [-0.3, -0.25) is 0 Å². The van der Waals surface area contributed by atoms with Crippen LogP contribution >= 0.6 is 11.8 Å². The molecule has 36 heavy (non-hydrogen) atoms. The smallest absolute Gasteiger partial charge is 0.377 e. The molecule has 0 aliphatic heterocycles. The summed E-state index contributed by atoms with van der Waals surface area (Å²) in [5, 5.41) is 21.6. The Kier molecular flexibility index (Phi) is 5.67. The average molecular weight is 532 g/mol. The van der Waals surface area contributed by atoms with E-state index < -0.39 is 58.0 Å². The van der Waals surface area contributed by atoms with Crippen molar-refractivity contribution in [2.45, 2.75) is 53.8 Å². The first-order valence-corrected chi connectivity index (χ1v) is 11.8. The highest BCUT2D eigenvalue weighted by molar-refractivity contribution is 7.99. The Morgan fingerprint density at radius 1 is 0.972 bits per heavy atom. The van der Waals surface area contributed by atoms with Gasteiger partial charge in [0.05, 0.1) is 12.3 Å².